The Labute approximate surface area is 199 Å². The zero-order valence-electron chi connectivity index (χ0n) is 19.9. The molecule has 0 aromatic heterocycles. The molecule has 0 spiro atoms. The molecule has 34 heavy (non-hydrogen) atoms. The summed E-state index contributed by atoms with van der Waals surface area (Å²) in [5.74, 6) is -1.41. The summed E-state index contributed by atoms with van der Waals surface area (Å²) in [6.45, 7) is 4.06. The van der Waals surface area contributed by atoms with Crippen molar-refractivity contribution >= 4 is 5.97 Å². The lowest BCUT2D eigenvalue weighted by Gasteiger charge is -2.21. The molecule has 2 aliphatic rings. The van der Waals surface area contributed by atoms with Crippen molar-refractivity contribution in [3.8, 4) is 5.75 Å². The largest absolute Gasteiger partial charge is 0.487 e. The van der Waals surface area contributed by atoms with Crippen molar-refractivity contribution < 1.29 is 38.0 Å². The monoisotopic (exact) mass is 482 g/mol. The predicted octanol–water partition coefficient (Wildman–Crippen LogP) is 4.17. The summed E-state index contributed by atoms with van der Waals surface area (Å²) in [6, 6.07) is 2.90. The Bertz CT molecular complexity index is 830. The molecular weight excluding hydrogens is 446 g/mol. The van der Waals surface area contributed by atoms with Gasteiger partial charge in [-0.25, -0.2) is 8.78 Å². The molecule has 1 heterocycles. The van der Waals surface area contributed by atoms with Crippen LogP contribution in [-0.4, -0.2) is 53.8 Å². The summed E-state index contributed by atoms with van der Waals surface area (Å²) in [6.07, 6.45) is 6.02. The molecule has 1 saturated heterocycles. The van der Waals surface area contributed by atoms with Gasteiger partial charge in [-0.1, -0.05) is 12.2 Å². The first-order chi connectivity index (χ1) is 16.2. The zero-order valence-corrected chi connectivity index (χ0v) is 19.9. The first-order valence-electron chi connectivity index (χ1n) is 12.2. The van der Waals surface area contributed by atoms with Gasteiger partial charge in [-0.05, 0) is 63.5 Å². The molecule has 190 valence electrons. The first-order valence-corrected chi connectivity index (χ1v) is 12.2. The summed E-state index contributed by atoms with van der Waals surface area (Å²) in [5, 5.41) is 20.8. The second-order valence-electron chi connectivity index (χ2n) is 9.63. The Morgan fingerprint density at radius 2 is 2.09 bits per heavy atom. The van der Waals surface area contributed by atoms with Crippen molar-refractivity contribution in [2.45, 2.75) is 76.8 Å². The van der Waals surface area contributed by atoms with Gasteiger partial charge >= 0.3 is 5.97 Å². The highest BCUT2D eigenvalue weighted by molar-refractivity contribution is 5.69. The van der Waals surface area contributed by atoms with E-state index in [9.17, 15) is 23.8 Å². The molecule has 6 nitrogen and oxygen atoms in total. The van der Waals surface area contributed by atoms with Crippen molar-refractivity contribution in [3.05, 3.63) is 42.0 Å². The molecule has 1 aliphatic heterocycles. The average molecular weight is 483 g/mol. The van der Waals surface area contributed by atoms with Crippen LogP contribution in [0.25, 0.3) is 0 Å². The molecule has 1 saturated carbocycles. The highest BCUT2D eigenvalue weighted by atomic mass is 19.1. The van der Waals surface area contributed by atoms with Gasteiger partial charge in [-0.2, -0.15) is 0 Å². The van der Waals surface area contributed by atoms with E-state index in [2.05, 4.69) is 0 Å². The minimum Gasteiger partial charge on any atom is -0.487 e. The topological polar surface area (TPSA) is 85.2 Å². The lowest BCUT2D eigenvalue weighted by Crippen LogP contribution is -2.22. The van der Waals surface area contributed by atoms with Crippen LogP contribution in [0.15, 0.2) is 30.4 Å². The van der Waals surface area contributed by atoms with E-state index in [0.29, 0.717) is 25.4 Å². The Balaban J connectivity index is 1.47. The van der Waals surface area contributed by atoms with Crippen molar-refractivity contribution in [1.29, 1.82) is 0 Å². The maximum atomic E-state index is 13.7. The third-order valence-corrected chi connectivity index (χ3v) is 6.56. The van der Waals surface area contributed by atoms with Crippen LogP contribution < -0.4 is 4.74 Å². The number of rotatable bonds is 10. The third kappa shape index (κ3) is 7.75. The second-order valence-corrected chi connectivity index (χ2v) is 9.63. The van der Waals surface area contributed by atoms with Crippen LogP contribution in [-0.2, 0) is 14.3 Å². The molecule has 0 bridgehead atoms. The zero-order chi connectivity index (χ0) is 24.7. The van der Waals surface area contributed by atoms with E-state index in [-0.39, 0.29) is 42.4 Å². The fourth-order valence-electron chi connectivity index (χ4n) is 4.87. The van der Waals surface area contributed by atoms with Crippen molar-refractivity contribution in [1.82, 2.24) is 0 Å². The number of fused-ring (bicyclic) bond motifs is 1. The fraction of sp³-hybridized carbons (Fsp3) is 0.654. The Morgan fingerprint density at radius 1 is 1.29 bits per heavy atom. The number of carbonyl (C=O) groups excluding carboxylic acids is 1. The van der Waals surface area contributed by atoms with Crippen LogP contribution in [0.1, 0.15) is 52.4 Å². The smallest absolute Gasteiger partial charge is 0.306 e. The standard InChI is InChI=1S/C26H36F2O6/c1-16(2)34-26(31)5-3-4-17-6-9-21-20(23(30)13-24(21)32-14-17)10-8-19(29)15-33-25-12-18(27)7-11-22(25)28/h7-8,10-12,16-17,19-21,23-24,29-30H,3-6,9,13-15H2,1-2H3/b10-8+/t17-,19-,20+,21+,23+,24-/m1/s1. The van der Waals surface area contributed by atoms with E-state index < -0.39 is 23.8 Å². The molecule has 8 heteroatoms. The average Bonchev–Trinajstić information content (AvgIpc) is 2.94. The van der Waals surface area contributed by atoms with Gasteiger partial charge in [0.25, 0.3) is 0 Å². The molecule has 6 atom stereocenters. The van der Waals surface area contributed by atoms with Crippen molar-refractivity contribution in [3.63, 3.8) is 0 Å². The van der Waals surface area contributed by atoms with Gasteiger partial charge in [0.05, 0.1) is 18.3 Å². The molecule has 1 aromatic rings. The number of hydrogen-bond donors (Lipinski definition) is 2. The van der Waals surface area contributed by atoms with Gasteiger partial charge < -0.3 is 24.4 Å². The molecule has 2 N–H and O–H groups in total. The normalized spacial score (nSPS) is 28.0. The summed E-state index contributed by atoms with van der Waals surface area (Å²) in [5.41, 5.74) is 0. The molecule has 2 fully saturated rings. The number of esters is 1. The maximum absolute atomic E-state index is 13.7. The number of carbonyl (C=O) groups is 1. The quantitative estimate of drug-likeness (QED) is 0.385. The third-order valence-electron chi connectivity index (χ3n) is 6.56. The SMILES string of the molecule is CC(C)OC(=O)CCC[C@@H]1CC[C@H]2[C@H](/C=C/[C@@H](O)COc3cc(F)ccc3F)[C@@H](O)C[C@H]2OC1. The number of hydrogen-bond acceptors (Lipinski definition) is 6. The van der Waals surface area contributed by atoms with E-state index in [1.165, 1.54) is 6.08 Å². The Morgan fingerprint density at radius 3 is 2.85 bits per heavy atom. The van der Waals surface area contributed by atoms with E-state index in [1.54, 1.807) is 6.08 Å². The Hall–Kier alpha value is -2.03. The van der Waals surface area contributed by atoms with Crippen LogP contribution in [0, 0.1) is 29.4 Å². The van der Waals surface area contributed by atoms with E-state index in [0.717, 1.165) is 43.9 Å². The van der Waals surface area contributed by atoms with Gasteiger partial charge in [0.15, 0.2) is 11.6 Å². The second kappa shape index (κ2) is 12.6. The van der Waals surface area contributed by atoms with Crippen LogP contribution in [0.2, 0.25) is 0 Å². The molecule has 0 unspecified atom stereocenters. The minimum absolute atomic E-state index is 0.0460. The maximum Gasteiger partial charge on any atom is 0.306 e. The van der Waals surface area contributed by atoms with Crippen molar-refractivity contribution in [2.75, 3.05) is 13.2 Å². The molecule has 0 radical (unpaired) electrons. The van der Waals surface area contributed by atoms with Crippen LogP contribution >= 0.6 is 0 Å². The van der Waals surface area contributed by atoms with Gasteiger partial charge in [-0.15, -0.1) is 0 Å². The molecule has 3 rings (SSSR count). The molecule has 1 aliphatic carbocycles. The summed E-state index contributed by atoms with van der Waals surface area (Å²) < 4.78 is 43.4. The van der Waals surface area contributed by atoms with Crippen molar-refractivity contribution in [2.24, 2.45) is 17.8 Å². The number of halogens is 2. The van der Waals surface area contributed by atoms with E-state index in [4.69, 9.17) is 14.2 Å². The lowest BCUT2D eigenvalue weighted by atomic mass is 9.86. The Kier molecular flexibility index (Phi) is 9.85. The van der Waals surface area contributed by atoms with Gasteiger partial charge in [0.2, 0.25) is 0 Å². The molecular formula is C26H36F2O6. The molecule has 1 aromatic carbocycles. The first kappa shape index (κ1) is 26.6. The van der Waals surface area contributed by atoms with Gasteiger partial charge in [0, 0.05) is 31.4 Å². The molecule has 0 amide bonds. The van der Waals surface area contributed by atoms with E-state index >= 15 is 0 Å². The predicted molar refractivity (Wildman–Crippen MR) is 122 cm³/mol. The summed E-state index contributed by atoms with van der Waals surface area (Å²) in [4.78, 5) is 11.7. The van der Waals surface area contributed by atoms with Gasteiger partial charge in [-0.3, -0.25) is 4.79 Å². The van der Waals surface area contributed by atoms with Crippen LogP contribution in [0.5, 0.6) is 5.75 Å². The van der Waals surface area contributed by atoms with Gasteiger partial charge in [0.1, 0.15) is 18.5 Å². The van der Waals surface area contributed by atoms with E-state index in [1.807, 2.05) is 13.8 Å². The fourth-order valence-corrected chi connectivity index (χ4v) is 4.87. The summed E-state index contributed by atoms with van der Waals surface area (Å²) in [7, 11) is 0. The van der Waals surface area contributed by atoms with Crippen LogP contribution in [0.4, 0.5) is 8.78 Å². The number of aliphatic hydroxyl groups excluding tert-OH is 2. The highest BCUT2D eigenvalue weighted by Crippen LogP contribution is 2.42. The summed E-state index contributed by atoms with van der Waals surface area (Å²) >= 11 is 0. The number of benzene rings is 1. The minimum atomic E-state index is -1.03. The van der Waals surface area contributed by atoms with Crippen LogP contribution in [0.3, 0.4) is 0 Å². The number of aliphatic hydroxyl groups is 2. The highest BCUT2D eigenvalue weighted by Gasteiger charge is 2.43. The lowest BCUT2D eigenvalue weighted by molar-refractivity contribution is -0.147. The number of ether oxygens (including phenoxy) is 3.